The van der Waals surface area contributed by atoms with E-state index in [0.29, 0.717) is 12.6 Å². The monoisotopic (exact) mass is 267 g/mol. The molecule has 0 spiro atoms. The van der Waals surface area contributed by atoms with Gasteiger partial charge in [-0.25, -0.2) is 0 Å². The summed E-state index contributed by atoms with van der Waals surface area (Å²) in [5.74, 6) is 0. The highest BCUT2D eigenvalue weighted by atomic mass is 35.5. The van der Waals surface area contributed by atoms with E-state index in [4.69, 9.17) is 11.6 Å². The van der Waals surface area contributed by atoms with Gasteiger partial charge in [-0.3, -0.25) is 0 Å². The van der Waals surface area contributed by atoms with Crippen LogP contribution in [0, 0.1) is 0 Å². The molecule has 0 saturated heterocycles. The van der Waals surface area contributed by atoms with E-state index in [1.165, 1.54) is 11.1 Å². The molecule has 3 heteroatoms. The minimum Gasteiger partial charge on any atom is -0.389 e. The maximum atomic E-state index is 10.3. The predicted octanol–water partition coefficient (Wildman–Crippen LogP) is 3.47. The smallest absolute Gasteiger partial charge is 0.0766 e. The van der Waals surface area contributed by atoms with Crippen molar-refractivity contribution in [2.45, 2.75) is 51.2 Å². The van der Waals surface area contributed by atoms with E-state index in [1.807, 2.05) is 19.9 Å². The molecule has 100 valence electrons. The second-order valence-corrected chi connectivity index (χ2v) is 5.68. The lowest BCUT2D eigenvalue weighted by molar-refractivity contribution is 0.0298. The fourth-order valence-electron chi connectivity index (χ4n) is 2.61. The molecular formula is C15H22ClNO. The Balaban J connectivity index is 2.02. The molecule has 2 rings (SSSR count). The Morgan fingerprint density at radius 2 is 2.11 bits per heavy atom. The average molecular weight is 268 g/mol. The summed E-state index contributed by atoms with van der Waals surface area (Å²) in [6, 6.07) is 6.48. The summed E-state index contributed by atoms with van der Waals surface area (Å²) in [7, 11) is 0. The summed E-state index contributed by atoms with van der Waals surface area (Å²) in [4.78, 5) is 0. The molecule has 1 aromatic carbocycles. The number of nitrogens with one attached hydrogen (secondary N) is 1. The predicted molar refractivity (Wildman–Crippen MR) is 76.0 cm³/mol. The molecule has 2 N–H and O–H groups in total. The fourth-order valence-corrected chi connectivity index (χ4v) is 2.81. The Bertz CT molecular complexity index is 415. The highest BCUT2D eigenvalue weighted by molar-refractivity contribution is 6.30. The first kappa shape index (κ1) is 13.9. The summed E-state index contributed by atoms with van der Waals surface area (Å²) in [6.45, 7) is 4.73. The van der Waals surface area contributed by atoms with E-state index < -0.39 is 5.60 Å². The molecule has 18 heavy (non-hydrogen) atoms. The highest BCUT2D eigenvalue weighted by Crippen LogP contribution is 2.33. The van der Waals surface area contributed by atoms with Crippen molar-refractivity contribution in [2.24, 2.45) is 0 Å². The number of aryl methyl sites for hydroxylation is 1. The standard InChI is InChI=1S/C15H22ClNO/c1-3-15(18,4-2)10-17-14-8-5-11-9-12(16)6-7-13(11)14/h6-7,9,14,17-18H,3-5,8,10H2,1-2H3. The number of hydrogen-bond acceptors (Lipinski definition) is 2. The summed E-state index contributed by atoms with van der Waals surface area (Å²) < 4.78 is 0. The first-order chi connectivity index (χ1) is 8.58. The first-order valence-corrected chi connectivity index (χ1v) is 7.20. The van der Waals surface area contributed by atoms with Crippen molar-refractivity contribution in [1.29, 1.82) is 0 Å². The molecule has 0 fully saturated rings. The van der Waals surface area contributed by atoms with Crippen molar-refractivity contribution >= 4 is 11.6 Å². The van der Waals surface area contributed by atoms with Crippen LogP contribution in [0.2, 0.25) is 5.02 Å². The molecule has 0 bridgehead atoms. The lowest BCUT2D eigenvalue weighted by Gasteiger charge is -2.27. The Kier molecular flexibility index (Phi) is 4.31. The maximum absolute atomic E-state index is 10.3. The number of rotatable bonds is 5. The van der Waals surface area contributed by atoms with Crippen LogP contribution < -0.4 is 5.32 Å². The van der Waals surface area contributed by atoms with Crippen molar-refractivity contribution in [3.63, 3.8) is 0 Å². The number of hydrogen-bond donors (Lipinski definition) is 2. The number of benzene rings is 1. The molecule has 0 saturated carbocycles. The maximum Gasteiger partial charge on any atom is 0.0766 e. The molecule has 0 aromatic heterocycles. The van der Waals surface area contributed by atoms with Crippen LogP contribution in [0.15, 0.2) is 18.2 Å². The Morgan fingerprint density at radius 3 is 2.78 bits per heavy atom. The lowest BCUT2D eigenvalue weighted by Crippen LogP contribution is -2.40. The van der Waals surface area contributed by atoms with E-state index >= 15 is 0 Å². The quantitative estimate of drug-likeness (QED) is 0.856. The van der Waals surface area contributed by atoms with Gasteiger partial charge in [0, 0.05) is 17.6 Å². The van der Waals surface area contributed by atoms with E-state index in [0.717, 1.165) is 30.7 Å². The largest absolute Gasteiger partial charge is 0.389 e. The summed E-state index contributed by atoms with van der Waals surface area (Å²) in [5.41, 5.74) is 2.11. The molecule has 1 unspecified atom stereocenters. The van der Waals surface area contributed by atoms with Crippen LogP contribution >= 0.6 is 11.6 Å². The van der Waals surface area contributed by atoms with Gasteiger partial charge in [-0.2, -0.15) is 0 Å². The SMILES string of the molecule is CCC(O)(CC)CNC1CCc2cc(Cl)ccc21. The molecule has 2 nitrogen and oxygen atoms in total. The summed E-state index contributed by atoms with van der Waals surface area (Å²) >= 11 is 6.01. The van der Waals surface area contributed by atoms with Gasteiger partial charge in [0.1, 0.15) is 0 Å². The van der Waals surface area contributed by atoms with Gasteiger partial charge >= 0.3 is 0 Å². The topological polar surface area (TPSA) is 32.3 Å². The Morgan fingerprint density at radius 1 is 1.39 bits per heavy atom. The van der Waals surface area contributed by atoms with Gasteiger partial charge < -0.3 is 10.4 Å². The summed E-state index contributed by atoms with van der Waals surface area (Å²) in [5, 5.41) is 14.6. The molecule has 0 heterocycles. The van der Waals surface area contributed by atoms with Crippen LogP contribution in [-0.4, -0.2) is 17.3 Å². The van der Waals surface area contributed by atoms with Gasteiger partial charge in [0.05, 0.1) is 5.60 Å². The number of fused-ring (bicyclic) bond motifs is 1. The minimum absolute atomic E-state index is 0.363. The third kappa shape index (κ3) is 2.87. The van der Waals surface area contributed by atoms with Crippen molar-refractivity contribution in [3.8, 4) is 0 Å². The molecule has 1 aromatic rings. The van der Waals surface area contributed by atoms with Gasteiger partial charge in [-0.05, 0) is 48.9 Å². The van der Waals surface area contributed by atoms with Crippen LogP contribution in [-0.2, 0) is 6.42 Å². The normalized spacial score (nSPS) is 19.0. The highest BCUT2D eigenvalue weighted by Gasteiger charge is 2.27. The second kappa shape index (κ2) is 5.60. The van der Waals surface area contributed by atoms with E-state index in [1.54, 1.807) is 0 Å². The molecule has 1 aliphatic rings. The van der Waals surface area contributed by atoms with E-state index in [-0.39, 0.29) is 0 Å². The van der Waals surface area contributed by atoms with Gasteiger partial charge in [0.15, 0.2) is 0 Å². The molecule has 0 radical (unpaired) electrons. The van der Waals surface area contributed by atoms with Gasteiger partial charge in [-0.15, -0.1) is 0 Å². The number of aliphatic hydroxyl groups is 1. The van der Waals surface area contributed by atoms with Crippen LogP contribution in [0.1, 0.15) is 50.3 Å². The summed E-state index contributed by atoms with van der Waals surface area (Å²) in [6.07, 6.45) is 3.75. The third-order valence-electron chi connectivity index (χ3n) is 4.18. The van der Waals surface area contributed by atoms with Crippen molar-refractivity contribution in [1.82, 2.24) is 5.32 Å². The van der Waals surface area contributed by atoms with E-state index in [2.05, 4.69) is 17.4 Å². The zero-order chi connectivity index (χ0) is 13.2. The van der Waals surface area contributed by atoms with Gasteiger partial charge in [0.25, 0.3) is 0 Å². The first-order valence-electron chi connectivity index (χ1n) is 6.82. The second-order valence-electron chi connectivity index (χ2n) is 5.25. The molecular weight excluding hydrogens is 246 g/mol. The van der Waals surface area contributed by atoms with Crippen molar-refractivity contribution in [3.05, 3.63) is 34.3 Å². The average Bonchev–Trinajstić information content (AvgIpc) is 2.78. The Labute approximate surface area is 114 Å². The zero-order valence-electron chi connectivity index (χ0n) is 11.2. The minimum atomic E-state index is -0.574. The molecule has 0 amide bonds. The molecule has 1 atom stereocenters. The van der Waals surface area contributed by atoms with E-state index in [9.17, 15) is 5.11 Å². The fraction of sp³-hybridized carbons (Fsp3) is 0.600. The van der Waals surface area contributed by atoms with Gasteiger partial charge in [0.2, 0.25) is 0 Å². The Hall–Kier alpha value is -0.570. The van der Waals surface area contributed by atoms with Crippen LogP contribution in [0.5, 0.6) is 0 Å². The molecule has 1 aliphatic carbocycles. The third-order valence-corrected chi connectivity index (χ3v) is 4.41. The number of halogens is 1. The van der Waals surface area contributed by atoms with Crippen molar-refractivity contribution in [2.75, 3.05) is 6.54 Å². The van der Waals surface area contributed by atoms with Gasteiger partial charge in [-0.1, -0.05) is 31.5 Å². The lowest BCUT2D eigenvalue weighted by atomic mass is 9.96. The van der Waals surface area contributed by atoms with Crippen LogP contribution in [0.4, 0.5) is 0 Å². The van der Waals surface area contributed by atoms with Crippen LogP contribution in [0.3, 0.4) is 0 Å². The van der Waals surface area contributed by atoms with Crippen LogP contribution in [0.25, 0.3) is 0 Å². The zero-order valence-corrected chi connectivity index (χ0v) is 11.9. The van der Waals surface area contributed by atoms with Crippen molar-refractivity contribution < 1.29 is 5.11 Å². The molecule has 0 aliphatic heterocycles.